The van der Waals surface area contributed by atoms with E-state index in [2.05, 4.69) is 16.0 Å². The quantitative estimate of drug-likeness (QED) is 0.212. The molecular formula is C29H40N4O6. The lowest BCUT2D eigenvalue weighted by atomic mass is 9.97. The van der Waals surface area contributed by atoms with Crippen molar-refractivity contribution in [1.82, 2.24) is 16.0 Å². The van der Waals surface area contributed by atoms with E-state index in [9.17, 15) is 29.4 Å². The lowest BCUT2D eigenvalue weighted by Gasteiger charge is -2.28. The molecule has 212 valence electrons. The van der Waals surface area contributed by atoms with E-state index in [1.807, 2.05) is 37.3 Å². The largest absolute Gasteiger partial charge is 0.508 e. The summed E-state index contributed by atoms with van der Waals surface area (Å²) in [5.41, 5.74) is 7.62. The fourth-order valence-electron chi connectivity index (χ4n) is 4.03. The molecular weight excluding hydrogens is 500 g/mol. The van der Waals surface area contributed by atoms with Crippen molar-refractivity contribution < 1.29 is 29.4 Å². The van der Waals surface area contributed by atoms with E-state index < -0.39 is 47.9 Å². The lowest BCUT2D eigenvalue weighted by molar-refractivity contribution is -0.143. The number of hydrogen-bond donors (Lipinski definition) is 6. The third-order valence-corrected chi connectivity index (χ3v) is 6.67. The van der Waals surface area contributed by atoms with Crippen LogP contribution in [0.4, 0.5) is 0 Å². The molecule has 0 aliphatic rings. The van der Waals surface area contributed by atoms with Gasteiger partial charge in [-0.05, 0) is 41.5 Å². The topological polar surface area (TPSA) is 171 Å². The van der Waals surface area contributed by atoms with Crippen LogP contribution in [0.25, 0.3) is 0 Å². The monoisotopic (exact) mass is 540 g/mol. The highest BCUT2D eigenvalue weighted by atomic mass is 16.4. The predicted molar refractivity (Wildman–Crippen MR) is 148 cm³/mol. The fourth-order valence-corrected chi connectivity index (χ4v) is 4.03. The number of benzene rings is 2. The summed E-state index contributed by atoms with van der Waals surface area (Å²) in [6.07, 6.45) is 0.852. The first kappa shape index (κ1) is 31.3. The van der Waals surface area contributed by atoms with Gasteiger partial charge < -0.3 is 31.9 Å². The van der Waals surface area contributed by atoms with Crippen LogP contribution in [-0.4, -0.2) is 58.1 Å². The number of nitrogens with two attached hydrogens (primary N) is 1. The highest BCUT2D eigenvalue weighted by Crippen LogP contribution is 2.14. The molecule has 2 aromatic rings. The minimum absolute atomic E-state index is 0.0387. The highest BCUT2D eigenvalue weighted by Gasteiger charge is 2.33. The molecule has 0 heterocycles. The maximum atomic E-state index is 13.4. The second-order valence-corrected chi connectivity index (χ2v) is 10.2. The van der Waals surface area contributed by atoms with E-state index in [-0.39, 0.29) is 30.4 Å². The third kappa shape index (κ3) is 9.72. The number of carbonyl (C=O) groups is 4. The van der Waals surface area contributed by atoms with Crippen LogP contribution < -0.4 is 21.7 Å². The number of carbonyl (C=O) groups excluding carboxylic acids is 3. The van der Waals surface area contributed by atoms with E-state index in [1.54, 1.807) is 32.9 Å². The normalized spacial score (nSPS) is 14.9. The van der Waals surface area contributed by atoms with E-state index in [1.165, 1.54) is 12.1 Å². The molecule has 0 aliphatic carbocycles. The number of aromatic hydroxyl groups is 1. The maximum absolute atomic E-state index is 13.4. The van der Waals surface area contributed by atoms with Crippen molar-refractivity contribution in [2.45, 2.75) is 71.1 Å². The smallest absolute Gasteiger partial charge is 0.326 e. The van der Waals surface area contributed by atoms with E-state index in [4.69, 9.17) is 5.73 Å². The van der Waals surface area contributed by atoms with Crippen LogP contribution in [0.1, 0.15) is 45.2 Å². The molecule has 0 aliphatic heterocycles. The molecule has 0 radical (unpaired) electrons. The van der Waals surface area contributed by atoms with Gasteiger partial charge >= 0.3 is 5.97 Å². The van der Waals surface area contributed by atoms with Gasteiger partial charge in [-0.3, -0.25) is 14.4 Å². The Morgan fingerprint density at radius 1 is 0.769 bits per heavy atom. The van der Waals surface area contributed by atoms with Crippen molar-refractivity contribution in [1.29, 1.82) is 0 Å². The van der Waals surface area contributed by atoms with Gasteiger partial charge in [-0.1, -0.05) is 76.6 Å². The van der Waals surface area contributed by atoms with Crippen molar-refractivity contribution in [2.24, 2.45) is 17.6 Å². The van der Waals surface area contributed by atoms with E-state index in [0.717, 1.165) is 5.56 Å². The predicted octanol–water partition coefficient (Wildman–Crippen LogP) is 1.75. The molecule has 5 unspecified atom stereocenters. The average Bonchev–Trinajstić information content (AvgIpc) is 2.90. The molecule has 39 heavy (non-hydrogen) atoms. The minimum Gasteiger partial charge on any atom is -0.508 e. The van der Waals surface area contributed by atoms with Crippen molar-refractivity contribution >= 4 is 23.7 Å². The number of carboxylic acid groups (broad SMARTS) is 1. The summed E-state index contributed by atoms with van der Waals surface area (Å²) in [5.74, 6) is -3.58. The summed E-state index contributed by atoms with van der Waals surface area (Å²) in [4.78, 5) is 51.3. The van der Waals surface area contributed by atoms with Crippen molar-refractivity contribution in [3.63, 3.8) is 0 Å². The van der Waals surface area contributed by atoms with Gasteiger partial charge in [-0.15, -0.1) is 0 Å². The van der Waals surface area contributed by atoms with Crippen LogP contribution in [0.2, 0.25) is 0 Å². The number of nitrogens with one attached hydrogen (secondary N) is 3. The van der Waals surface area contributed by atoms with Crippen molar-refractivity contribution in [3.8, 4) is 5.75 Å². The Morgan fingerprint density at radius 3 is 1.87 bits per heavy atom. The Bertz CT molecular complexity index is 1110. The Labute approximate surface area is 229 Å². The molecule has 0 saturated heterocycles. The molecule has 0 bridgehead atoms. The Morgan fingerprint density at radius 2 is 1.33 bits per heavy atom. The van der Waals surface area contributed by atoms with Gasteiger partial charge in [0.2, 0.25) is 17.7 Å². The number of carboxylic acids is 1. The molecule has 5 atom stereocenters. The lowest BCUT2D eigenvalue weighted by Crippen LogP contribution is -2.59. The van der Waals surface area contributed by atoms with Crippen LogP contribution in [-0.2, 0) is 32.0 Å². The van der Waals surface area contributed by atoms with Crippen molar-refractivity contribution in [2.75, 3.05) is 0 Å². The molecule has 10 nitrogen and oxygen atoms in total. The van der Waals surface area contributed by atoms with E-state index in [0.29, 0.717) is 12.0 Å². The second-order valence-electron chi connectivity index (χ2n) is 10.2. The first-order valence-electron chi connectivity index (χ1n) is 13.1. The first-order valence-corrected chi connectivity index (χ1v) is 13.1. The molecule has 3 amide bonds. The molecule has 2 aromatic carbocycles. The van der Waals surface area contributed by atoms with Gasteiger partial charge in [0.15, 0.2) is 0 Å². The summed E-state index contributed by atoms with van der Waals surface area (Å²) >= 11 is 0. The zero-order chi connectivity index (χ0) is 29.1. The molecule has 0 aromatic heterocycles. The van der Waals surface area contributed by atoms with Crippen LogP contribution in [0.3, 0.4) is 0 Å². The molecule has 2 rings (SSSR count). The zero-order valence-corrected chi connectivity index (χ0v) is 22.9. The van der Waals surface area contributed by atoms with Gasteiger partial charge in [0, 0.05) is 6.42 Å². The number of hydrogen-bond acceptors (Lipinski definition) is 6. The van der Waals surface area contributed by atoms with Crippen molar-refractivity contribution in [3.05, 3.63) is 65.7 Å². The summed E-state index contributed by atoms with van der Waals surface area (Å²) in [6.45, 7) is 7.05. The number of rotatable bonds is 14. The standard InChI is InChI=1S/C29H40N4O6/c1-5-18(4)25(29(38)39)33-27(36)23(16-20-11-13-21(34)14-12-20)31-28(37)24(17(2)3)32-26(35)22(30)15-19-9-7-6-8-10-19/h6-14,17-18,22-25,34H,5,15-16,30H2,1-4H3,(H,31,37)(H,32,35)(H,33,36)(H,38,39). The van der Waals surface area contributed by atoms with Gasteiger partial charge in [0.25, 0.3) is 0 Å². The third-order valence-electron chi connectivity index (χ3n) is 6.67. The Kier molecular flexibility index (Phi) is 11.9. The summed E-state index contributed by atoms with van der Waals surface area (Å²) in [6, 6.07) is 11.2. The second kappa shape index (κ2) is 14.9. The Balaban J connectivity index is 2.21. The number of phenolic OH excluding ortho intramolecular Hbond substituents is 1. The summed E-state index contributed by atoms with van der Waals surface area (Å²) < 4.78 is 0. The van der Waals surface area contributed by atoms with Crippen LogP contribution >= 0.6 is 0 Å². The number of amides is 3. The van der Waals surface area contributed by atoms with E-state index >= 15 is 0 Å². The Hall–Kier alpha value is -3.92. The SMILES string of the molecule is CCC(C)C(NC(=O)C(Cc1ccc(O)cc1)NC(=O)C(NC(=O)C(N)Cc1ccccc1)C(C)C)C(=O)O. The van der Waals surface area contributed by atoms with Crippen LogP contribution in [0, 0.1) is 11.8 Å². The maximum Gasteiger partial charge on any atom is 0.326 e. The summed E-state index contributed by atoms with van der Waals surface area (Å²) in [7, 11) is 0. The molecule has 0 fully saturated rings. The molecule has 0 spiro atoms. The minimum atomic E-state index is -1.17. The van der Waals surface area contributed by atoms with Gasteiger partial charge in [-0.2, -0.15) is 0 Å². The first-order chi connectivity index (χ1) is 18.4. The average molecular weight is 541 g/mol. The molecule has 0 saturated carbocycles. The zero-order valence-electron chi connectivity index (χ0n) is 22.9. The molecule has 10 heteroatoms. The fraction of sp³-hybridized carbons (Fsp3) is 0.448. The van der Waals surface area contributed by atoms with Crippen LogP contribution in [0.5, 0.6) is 5.75 Å². The number of phenols is 1. The molecule has 7 N–H and O–H groups in total. The van der Waals surface area contributed by atoms with Gasteiger partial charge in [-0.25, -0.2) is 4.79 Å². The van der Waals surface area contributed by atoms with Crippen LogP contribution in [0.15, 0.2) is 54.6 Å². The summed E-state index contributed by atoms with van der Waals surface area (Å²) in [5, 5.41) is 27.2. The van der Waals surface area contributed by atoms with Gasteiger partial charge in [0.05, 0.1) is 6.04 Å². The van der Waals surface area contributed by atoms with Gasteiger partial charge in [0.1, 0.15) is 23.9 Å². The number of aliphatic carboxylic acids is 1. The highest BCUT2D eigenvalue weighted by molar-refractivity contribution is 5.94.